The van der Waals surface area contributed by atoms with Crippen LogP contribution < -0.4 is 15.4 Å². The maximum atomic E-state index is 12.3. The lowest BCUT2D eigenvalue weighted by Crippen LogP contribution is -2.28. The second kappa shape index (κ2) is 8.31. The molecule has 3 N–H and O–H groups in total. The van der Waals surface area contributed by atoms with Crippen LogP contribution in [0.2, 0.25) is 0 Å². The minimum atomic E-state index is -3.69. The van der Waals surface area contributed by atoms with E-state index in [9.17, 15) is 18.0 Å². The molecule has 0 aliphatic carbocycles. The third kappa shape index (κ3) is 5.32. The number of hydrogen-bond acceptors (Lipinski definition) is 5. The molecule has 1 aliphatic rings. The van der Waals surface area contributed by atoms with Gasteiger partial charge in [0, 0.05) is 23.5 Å². The zero-order valence-electron chi connectivity index (χ0n) is 15.9. The summed E-state index contributed by atoms with van der Waals surface area (Å²) >= 11 is 0. The van der Waals surface area contributed by atoms with Crippen molar-refractivity contribution in [3.63, 3.8) is 0 Å². The molecule has 1 aliphatic heterocycles. The van der Waals surface area contributed by atoms with Gasteiger partial charge < -0.3 is 15.1 Å². The van der Waals surface area contributed by atoms with Gasteiger partial charge in [0.1, 0.15) is 0 Å². The standard InChI is InChI=1S/C19H20N4O5S/c1-12-16(13(2)23-29(26,27)22-12)8-9-18(24)20-14-5-3-6-15(11-14)21-19(25)17-7-4-10-28-17/h3-7,10-11,22H,8-9H2,1-2H3,(H,20,24)(H,21,25). The summed E-state index contributed by atoms with van der Waals surface area (Å²) in [6.45, 7) is 3.23. The summed E-state index contributed by atoms with van der Waals surface area (Å²) in [5.74, 6) is -0.459. The van der Waals surface area contributed by atoms with Crippen LogP contribution in [0.3, 0.4) is 0 Å². The molecule has 0 unspecified atom stereocenters. The second-order valence-corrected chi connectivity index (χ2v) is 7.75. The summed E-state index contributed by atoms with van der Waals surface area (Å²) in [6.07, 6.45) is 1.89. The van der Waals surface area contributed by atoms with Gasteiger partial charge in [-0.15, -0.1) is 4.40 Å². The van der Waals surface area contributed by atoms with Crippen molar-refractivity contribution in [1.82, 2.24) is 4.72 Å². The third-order valence-corrected chi connectivity index (χ3v) is 5.26. The van der Waals surface area contributed by atoms with Crippen LogP contribution in [0, 0.1) is 0 Å². The predicted molar refractivity (Wildman–Crippen MR) is 109 cm³/mol. The smallest absolute Gasteiger partial charge is 0.342 e. The molecule has 2 amide bonds. The van der Waals surface area contributed by atoms with Gasteiger partial charge in [-0.3, -0.25) is 14.3 Å². The minimum absolute atomic E-state index is 0.143. The second-order valence-electron chi connectivity index (χ2n) is 6.42. The van der Waals surface area contributed by atoms with Crippen molar-refractivity contribution >= 4 is 39.1 Å². The SMILES string of the molecule is CC1=NS(=O)(=O)NC(C)=C1CCC(=O)Nc1cccc(NC(=O)c2ccco2)c1. The fourth-order valence-electron chi connectivity index (χ4n) is 2.89. The Morgan fingerprint density at radius 2 is 1.83 bits per heavy atom. The molecule has 0 saturated heterocycles. The fourth-order valence-corrected chi connectivity index (χ4v) is 3.92. The number of carbonyl (C=O) groups excluding carboxylic acids is 2. The van der Waals surface area contributed by atoms with E-state index in [1.165, 1.54) is 6.26 Å². The number of nitrogens with zero attached hydrogens (tertiary/aromatic N) is 1. The molecule has 1 aromatic carbocycles. The lowest BCUT2D eigenvalue weighted by Gasteiger charge is -2.17. The zero-order chi connectivity index (χ0) is 21.0. The Balaban J connectivity index is 1.59. The van der Waals surface area contributed by atoms with Gasteiger partial charge in [-0.2, -0.15) is 8.42 Å². The molecular weight excluding hydrogens is 396 g/mol. The van der Waals surface area contributed by atoms with E-state index in [1.54, 1.807) is 50.2 Å². The van der Waals surface area contributed by atoms with E-state index in [0.29, 0.717) is 34.8 Å². The van der Waals surface area contributed by atoms with E-state index < -0.39 is 16.1 Å². The van der Waals surface area contributed by atoms with Gasteiger partial charge in [0.25, 0.3) is 5.91 Å². The number of furan rings is 1. The fraction of sp³-hybridized carbons (Fsp3) is 0.211. The maximum Gasteiger partial charge on any atom is 0.342 e. The molecule has 0 radical (unpaired) electrons. The first-order valence-electron chi connectivity index (χ1n) is 8.78. The van der Waals surface area contributed by atoms with Gasteiger partial charge >= 0.3 is 10.2 Å². The lowest BCUT2D eigenvalue weighted by molar-refractivity contribution is -0.116. The Kier molecular flexibility index (Phi) is 5.83. The summed E-state index contributed by atoms with van der Waals surface area (Å²) in [5, 5.41) is 5.45. The van der Waals surface area contributed by atoms with Crippen LogP contribution >= 0.6 is 0 Å². The monoisotopic (exact) mass is 416 g/mol. The van der Waals surface area contributed by atoms with Crippen LogP contribution in [-0.2, 0) is 15.0 Å². The highest BCUT2D eigenvalue weighted by Crippen LogP contribution is 2.20. The number of nitrogens with one attached hydrogen (secondary N) is 3. The molecule has 29 heavy (non-hydrogen) atoms. The Morgan fingerprint density at radius 1 is 1.10 bits per heavy atom. The van der Waals surface area contributed by atoms with Gasteiger partial charge in [-0.1, -0.05) is 6.07 Å². The Hall–Kier alpha value is -3.40. The number of anilines is 2. The average Bonchev–Trinajstić information content (AvgIpc) is 3.15. The maximum absolute atomic E-state index is 12.3. The Labute approximate surface area is 168 Å². The molecular formula is C19H20N4O5S. The highest BCUT2D eigenvalue weighted by molar-refractivity contribution is 7.88. The molecule has 3 rings (SSSR count). The van der Waals surface area contributed by atoms with Crippen LogP contribution in [0.25, 0.3) is 0 Å². The van der Waals surface area contributed by atoms with Crippen molar-refractivity contribution in [2.75, 3.05) is 10.6 Å². The summed E-state index contributed by atoms with van der Waals surface area (Å²) in [5.41, 5.74) is 2.55. The highest BCUT2D eigenvalue weighted by atomic mass is 32.2. The molecule has 10 heteroatoms. The van der Waals surface area contributed by atoms with Gasteiger partial charge in [0.2, 0.25) is 5.91 Å². The van der Waals surface area contributed by atoms with E-state index >= 15 is 0 Å². The van der Waals surface area contributed by atoms with Crippen LogP contribution in [0.5, 0.6) is 0 Å². The first-order valence-corrected chi connectivity index (χ1v) is 10.2. The van der Waals surface area contributed by atoms with E-state index in [1.807, 2.05) is 0 Å². The average molecular weight is 416 g/mol. The van der Waals surface area contributed by atoms with E-state index in [4.69, 9.17) is 4.42 Å². The summed E-state index contributed by atoms with van der Waals surface area (Å²) in [7, 11) is -3.69. The molecule has 9 nitrogen and oxygen atoms in total. The zero-order valence-corrected chi connectivity index (χ0v) is 16.7. The number of carbonyl (C=O) groups is 2. The first kappa shape index (κ1) is 20.3. The summed E-state index contributed by atoms with van der Waals surface area (Å²) in [4.78, 5) is 24.3. The van der Waals surface area contributed by atoms with Gasteiger partial charge in [-0.25, -0.2) is 0 Å². The molecule has 0 spiro atoms. The summed E-state index contributed by atoms with van der Waals surface area (Å²) < 4.78 is 34.0. The number of hydrogen-bond donors (Lipinski definition) is 3. The molecule has 0 atom stereocenters. The van der Waals surface area contributed by atoms with Crippen LogP contribution in [-0.4, -0.2) is 25.9 Å². The third-order valence-electron chi connectivity index (χ3n) is 4.18. The van der Waals surface area contributed by atoms with Crippen molar-refractivity contribution in [3.05, 3.63) is 59.7 Å². The van der Waals surface area contributed by atoms with Crippen LogP contribution in [0.4, 0.5) is 11.4 Å². The van der Waals surface area contributed by atoms with Crippen molar-refractivity contribution in [1.29, 1.82) is 0 Å². The molecule has 0 bridgehead atoms. The lowest BCUT2D eigenvalue weighted by atomic mass is 10.0. The Bertz CT molecular complexity index is 1100. The van der Waals surface area contributed by atoms with E-state index in [2.05, 4.69) is 19.8 Å². The molecule has 0 fully saturated rings. The molecule has 1 aromatic heterocycles. The molecule has 0 saturated carbocycles. The molecule has 152 valence electrons. The van der Waals surface area contributed by atoms with Gasteiger partial charge in [-0.05, 0) is 56.2 Å². The highest BCUT2D eigenvalue weighted by Gasteiger charge is 2.20. The van der Waals surface area contributed by atoms with E-state index in [0.717, 1.165) is 0 Å². The van der Waals surface area contributed by atoms with Crippen molar-refractivity contribution < 1.29 is 22.4 Å². The van der Waals surface area contributed by atoms with Gasteiger partial charge in [0.05, 0.1) is 12.0 Å². The number of benzene rings is 1. The van der Waals surface area contributed by atoms with Crippen LogP contribution in [0.1, 0.15) is 37.2 Å². The predicted octanol–water partition coefficient (Wildman–Crippen LogP) is 2.83. The van der Waals surface area contributed by atoms with Crippen LogP contribution in [0.15, 0.2) is 62.7 Å². The quantitative estimate of drug-likeness (QED) is 0.667. The summed E-state index contributed by atoms with van der Waals surface area (Å²) in [6, 6.07) is 9.89. The minimum Gasteiger partial charge on any atom is -0.459 e. The topological polar surface area (TPSA) is 130 Å². The van der Waals surface area contributed by atoms with E-state index in [-0.39, 0.29) is 18.1 Å². The Morgan fingerprint density at radius 3 is 2.48 bits per heavy atom. The molecule has 2 heterocycles. The van der Waals surface area contributed by atoms with Crippen molar-refractivity contribution in [2.24, 2.45) is 4.40 Å². The normalized spacial score (nSPS) is 15.3. The van der Waals surface area contributed by atoms with Crippen molar-refractivity contribution in [3.8, 4) is 0 Å². The van der Waals surface area contributed by atoms with Gasteiger partial charge in [0.15, 0.2) is 5.76 Å². The van der Waals surface area contributed by atoms with Crippen molar-refractivity contribution in [2.45, 2.75) is 26.7 Å². The first-order chi connectivity index (χ1) is 13.7. The largest absolute Gasteiger partial charge is 0.459 e. The molecule has 2 aromatic rings. The number of rotatable bonds is 6. The number of amides is 2. The number of allylic oxidation sites excluding steroid dienone is 2.